The van der Waals surface area contributed by atoms with Crippen LogP contribution in [0, 0.1) is 0 Å². The van der Waals surface area contributed by atoms with Gasteiger partial charge in [-0.3, -0.25) is 4.68 Å². The Morgan fingerprint density at radius 3 is 2.50 bits per heavy atom. The van der Waals surface area contributed by atoms with Gasteiger partial charge in [0.15, 0.2) is 0 Å². The first-order chi connectivity index (χ1) is 9.36. The number of nitrogens with zero attached hydrogens (tertiary/aromatic N) is 3. The minimum absolute atomic E-state index is 0.0246. The molecular weight excluding hydrogens is 258 g/mol. The molecule has 0 saturated carbocycles. The second kappa shape index (κ2) is 5.44. The Labute approximate surface area is 119 Å². The monoisotopic (exact) mass is 281 g/mol. The molecule has 6 nitrogen and oxygen atoms in total. The van der Waals surface area contributed by atoms with Crippen molar-refractivity contribution < 1.29 is 14.6 Å². The number of rotatable bonds is 2. The van der Waals surface area contributed by atoms with Crippen molar-refractivity contribution in [2.24, 2.45) is 0 Å². The van der Waals surface area contributed by atoms with E-state index >= 15 is 0 Å². The number of likely N-dealkylation sites (tertiary alicyclic amines) is 1. The number of hydrogen-bond acceptors (Lipinski definition) is 4. The summed E-state index contributed by atoms with van der Waals surface area (Å²) >= 11 is 0. The zero-order valence-corrected chi connectivity index (χ0v) is 12.4. The van der Waals surface area contributed by atoms with Gasteiger partial charge in [-0.1, -0.05) is 0 Å². The number of ether oxygens (including phenoxy) is 1. The topological polar surface area (TPSA) is 67.6 Å². The molecule has 0 aromatic carbocycles. The molecule has 0 bridgehead atoms. The number of piperidine rings is 1. The van der Waals surface area contributed by atoms with Crippen molar-refractivity contribution in [1.29, 1.82) is 0 Å². The normalized spacial score (nSPS) is 18.9. The van der Waals surface area contributed by atoms with E-state index < -0.39 is 11.1 Å². The third kappa shape index (κ3) is 3.12. The van der Waals surface area contributed by atoms with E-state index in [-0.39, 0.29) is 12.7 Å². The molecule has 0 aliphatic carbocycles. The molecule has 2 heterocycles. The third-order valence-electron chi connectivity index (χ3n) is 3.63. The third-order valence-corrected chi connectivity index (χ3v) is 3.63. The Kier molecular flexibility index (Phi) is 4.04. The van der Waals surface area contributed by atoms with Crippen LogP contribution in [0.4, 0.5) is 4.79 Å². The molecule has 1 aliphatic heterocycles. The molecule has 1 N–H and O–H groups in total. The first-order valence-corrected chi connectivity index (χ1v) is 6.95. The predicted molar refractivity (Wildman–Crippen MR) is 74.3 cm³/mol. The Hall–Kier alpha value is -1.56. The Morgan fingerprint density at radius 2 is 2.05 bits per heavy atom. The van der Waals surface area contributed by atoms with Crippen LogP contribution in [0.5, 0.6) is 0 Å². The van der Waals surface area contributed by atoms with Crippen LogP contribution in [0.3, 0.4) is 0 Å². The number of aliphatic hydroxyl groups is 1. The van der Waals surface area contributed by atoms with Gasteiger partial charge in [-0.05, 0) is 39.7 Å². The van der Waals surface area contributed by atoms with Crippen LogP contribution >= 0.6 is 0 Å². The van der Waals surface area contributed by atoms with Crippen molar-refractivity contribution in [3.63, 3.8) is 0 Å². The van der Waals surface area contributed by atoms with Gasteiger partial charge in [-0.2, -0.15) is 5.10 Å². The van der Waals surface area contributed by atoms with Crippen LogP contribution in [0.25, 0.3) is 0 Å². The first-order valence-electron chi connectivity index (χ1n) is 6.95. The predicted octanol–water partition coefficient (Wildman–Crippen LogP) is 1.60. The van der Waals surface area contributed by atoms with E-state index in [0.29, 0.717) is 25.9 Å². The summed E-state index contributed by atoms with van der Waals surface area (Å²) in [6.07, 6.45) is 4.62. The van der Waals surface area contributed by atoms with Crippen molar-refractivity contribution in [1.82, 2.24) is 14.7 Å². The fourth-order valence-electron chi connectivity index (χ4n) is 2.44. The maximum Gasteiger partial charge on any atom is 0.410 e. The van der Waals surface area contributed by atoms with Crippen LogP contribution in [0.1, 0.15) is 33.6 Å². The van der Waals surface area contributed by atoms with Crippen LogP contribution in [-0.2, 0) is 10.3 Å². The zero-order valence-electron chi connectivity index (χ0n) is 12.4. The Balaban J connectivity index is 1.99. The molecule has 1 amide bonds. The summed E-state index contributed by atoms with van der Waals surface area (Å²) in [6, 6.07) is 1.84. The van der Waals surface area contributed by atoms with Gasteiger partial charge in [0, 0.05) is 25.5 Å². The van der Waals surface area contributed by atoms with Crippen LogP contribution < -0.4 is 0 Å². The fourth-order valence-corrected chi connectivity index (χ4v) is 2.44. The molecule has 1 fully saturated rings. The summed E-state index contributed by atoms with van der Waals surface area (Å²) in [5, 5.41) is 14.0. The smallest absolute Gasteiger partial charge is 0.410 e. The minimum Gasteiger partial charge on any atom is -0.444 e. The van der Waals surface area contributed by atoms with Crippen LogP contribution in [0.2, 0.25) is 0 Å². The van der Waals surface area contributed by atoms with Crippen LogP contribution in [0.15, 0.2) is 18.5 Å². The second-order valence-corrected chi connectivity index (χ2v) is 6.30. The number of amides is 1. The van der Waals surface area contributed by atoms with Gasteiger partial charge < -0.3 is 14.7 Å². The van der Waals surface area contributed by atoms with E-state index in [4.69, 9.17) is 4.74 Å². The van der Waals surface area contributed by atoms with Gasteiger partial charge in [-0.25, -0.2) is 4.79 Å². The molecule has 0 radical (unpaired) electrons. The summed E-state index contributed by atoms with van der Waals surface area (Å²) in [7, 11) is 0. The lowest BCUT2D eigenvalue weighted by atomic mass is 9.88. The SMILES string of the molecule is CC(C)(C)OC(=O)N1CCC(CO)(n2cccn2)CC1. The highest BCUT2D eigenvalue weighted by Crippen LogP contribution is 2.29. The molecule has 1 aromatic rings. The highest BCUT2D eigenvalue weighted by molar-refractivity contribution is 5.68. The minimum atomic E-state index is -0.482. The van der Waals surface area contributed by atoms with E-state index in [1.807, 2.05) is 33.0 Å². The molecular formula is C14H23N3O3. The van der Waals surface area contributed by atoms with Gasteiger partial charge in [0.25, 0.3) is 0 Å². The summed E-state index contributed by atoms with van der Waals surface area (Å²) in [6.45, 7) is 6.73. The van der Waals surface area contributed by atoms with E-state index in [1.165, 1.54) is 0 Å². The number of aromatic nitrogens is 2. The molecule has 0 unspecified atom stereocenters. The van der Waals surface area contributed by atoms with Gasteiger partial charge in [0.2, 0.25) is 0 Å². The van der Waals surface area contributed by atoms with Crippen molar-refractivity contribution >= 4 is 6.09 Å². The average molecular weight is 281 g/mol. The summed E-state index contributed by atoms with van der Waals surface area (Å²) in [5.74, 6) is 0. The van der Waals surface area contributed by atoms with Crippen LogP contribution in [-0.4, -0.2) is 51.2 Å². The lowest BCUT2D eigenvalue weighted by Gasteiger charge is -2.41. The van der Waals surface area contributed by atoms with Gasteiger partial charge >= 0.3 is 6.09 Å². The molecule has 1 aliphatic rings. The highest BCUT2D eigenvalue weighted by atomic mass is 16.6. The molecule has 0 spiro atoms. The zero-order chi connectivity index (χ0) is 14.8. The van der Waals surface area contributed by atoms with Crippen molar-refractivity contribution in [3.05, 3.63) is 18.5 Å². The van der Waals surface area contributed by atoms with Gasteiger partial charge in [0.1, 0.15) is 5.60 Å². The molecule has 1 aromatic heterocycles. The summed E-state index contributed by atoms with van der Waals surface area (Å²) in [5.41, 5.74) is -0.882. The van der Waals surface area contributed by atoms with E-state index in [0.717, 1.165) is 0 Å². The lowest BCUT2D eigenvalue weighted by molar-refractivity contribution is 0.000152. The molecule has 1 saturated heterocycles. The summed E-state index contributed by atoms with van der Waals surface area (Å²) in [4.78, 5) is 13.7. The summed E-state index contributed by atoms with van der Waals surface area (Å²) < 4.78 is 7.18. The molecule has 20 heavy (non-hydrogen) atoms. The average Bonchev–Trinajstić information content (AvgIpc) is 2.91. The Bertz CT molecular complexity index is 443. The number of carbonyl (C=O) groups is 1. The number of aliphatic hydroxyl groups excluding tert-OH is 1. The molecule has 112 valence electrons. The highest BCUT2D eigenvalue weighted by Gasteiger charge is 2.38. The van der Waals surface area contributed by atoms with Crippen molar-refractivity contribution in [2.45, 2.75) is 44.8 Å². The van der Waals surface area contributed by atoms with Crippen molar-refractivity contribution in [3.8, 4) is 0 Å². The second-order valence-electron chi connectivity index (χ2n) is 6.30. The molecule has 0 atom stereocenters. The fraction of sp³-hybridized carbons (Fsp3) is 0.714. The maximum absolute atomic E-state index is 12.0. The number of hydrogen-bond donors (Lipinski definition) is 1. The lowest BCUT2D eigenvalue weighted by Crippen LogP contribution is -2.51. The van der Waals surface area contributed by atoms with E-state index in [2.05, 4.69) is 5.10 Å². The standard InChI is InChI=1S/C14H23N3O3/c1-13(2,3)20-12(19)16-9-5-14(11-18,6-10-16)17-8-4-7-15-17/h4,7-8,18H,5-6,9-11H2,1-3H3. The van der Waals surface area contributed by atoms with Gasteiger partial charge in [0.05, 0.1) is 12.1 Å². The van der Waals surface area contributed by atoms with Gasteiger partial charge in [-0.15, -0.1) is 0 Å². The molecule has 6 heteroatoms. The Morgan fingerprint density at radius 1 is 1.40 bits per heavy atom. The van der Waals surface area contributed by atoms with E-state index in [9.17, 15) is 9.90 Å². The molecule has 2 rings (SSSR count). The van der Waals surface area contributed by atoms with E-state index in [1.54, 1.807) is 15.8 Å². The largest absolute Gasteiger partial charge is 0.444 e. The quantitative estimate of drug-likeness (QED) is 0.894. The maximum atomic E-state index is 12.0. The van der Waals surface area contributed by atoms with Crippen molar-refractivity contribution in [2.75, 3.05) is 19.7 Å². The first kappa shape index (κ1) is 14.8. The number of carbonyl (C=O) groups excluding carboxylic acids is 1.